The Morgan fingerprint density at radius 3 is 2.44 bits per heavy atom. The summed E-state index contributed by atoms with van der Waals surface area (Å²) in [5.74, 6) is -1.03. The summed E-state index contributed by atoms with van der Waals surface area (Å²) in [4.78, 5) is 10.2. The summed E-state index contributed by atoms with van der Waals surface area (Å²) in [5.41, 5.74) is 0. The smallest absolute Gasteiger partial charge is 0.307 e. The molecule has 1 aliphatic rings. The largest absolute Gasteiger partial charge is 0.481 e. The first-order valence-corrected chi connectivity index (χ1v) is 3.99. The Morgan fingerprint density at radius 2 is 2.33 bits per heavy atom. The van der Waals surface area contributed by atoms with Crippen molar-refractivity contribution in [1.82, 2.24) is 0 Å². The van der Waals surface area contributed by atoms with Gasteiger partial charge in [-0.2, -0.15) is 0 Å². The molecule has 3 atom stereocenters. The standard InChI is InChI=1S/C5H6BrClO2/c6-4-2(5(8)9)1-3(4)7/h2-4H,1H2,(H,8,9)/t2?,3?,4-/m0/s1. The Hall–Kier alpha value is 0.240. The van der Waals surface area contributed by atoms with Gasteiger partial charge in [0.2, 0.25) is 0 Å². The Bertz CT molecular complexity index is 139. The molecular formula is C5H6BrClO2. The van der Waals surface area contributed by atoms with Crippen molar-refractivity contribution in [2.45, 2.75) is 16.6 Å². The monoisotopic (exact) mass is 212 g/mol. The van der Waals surface area contributed by atoms with Gasteiger partial charge in [0.05, 0.1) is 5.92 Å². The Kier molecular flexibility index (Phi) is 2.01. The molecule has 1 saturated carbocycles. The average molecular weight is 213 g/mol. The zero-order valence-electron chi connectivity index (χ0n) is 4.55. The minimum atomic E-state index is -0.756. The number of carboxylic acid groups (broad SMARTS) is 1. The maximum absolute atomic E-state index is 10.2. The number of halogens is 2. The zero-order chi connectivity index (χ0) is 7.02. The van der Waals surface area contributed by atoms with E-state index in [0.29, 0.717) is 6.42 Å². The van der Waals surface area contributed by atoms with Gasteiger partial charge in [0.15, 0.2) is 0 Å². The third kappa shape index (κ3) is 1.22. The molecule has 0 heterocycles. The molecule has 0 aromatic rings. The second kappa shape index (κ2) is 2.46. The molecule has 0 aromatic heterocycles. The summed E-state index contributed by atoms with van der Waals surface area (Å²) in [6.07, 6.45) is 0.590. The molecule has 0 amide bonds. The van der Waals surface area contributed by atoms with E-state index in [4.69, 9.17) is 16.7 Å². The van der Waals surface area contributed by atoms with Crippen molar-refractivity contribution in [2.24, 2.45) is 5.92 Å². The fraction of sp³-hybridized carbons (Fsp3) is 0.800. The van der Waals surface area contributed by atoms with E-state index in [1.807, 2.05) is 0 Å². The van der Waals surface area contributed by atoms with Crippen molar-refractivity contribution >= 4 is 33.5 Å². The molecule has 0 bridgehead atoms. The van der Waals surface area contributed by atoms with Crippen molar-refractivity contribution < 1.29 is 9.90 Å². The maximum Gasteiger partial charge on any atom is 0.307 e. The quantitative estimate of drug-likeness (QED) is 0.670. The summed E-state index contributed by atoms with van der Waals surface area (Å²) in [5, 5.41) is 8.44. The van der Waals surface area contributed by atoms with E-state index in [2.05, 4.69) is 15.9 Å². The minimum absolute atomic E-state index is 0.00565. The Balaban J connectivity index is 2.42. The second-order valence-corrected chi connectivity index (χ2v) is 3.76. The second-order valence-electron chi connectivity index (χ2n) is 2.14. The van der Waals surface area contributed by atoms with E-state index in [1.165, 1.54) is 0 Å². The SMILES string of the molecule is O=C(O)C1CC(Cl)[C@H]1Br. The molecule has 1 rings (SSSR count). The van der Waals surface area contributed by atoms with Gasteiger partial charge in [-0.05, 0) is 6.42 Å². The lowest BCUT2D eigenvalue weighted by Gasteiger charge is -2.33. The van der Waals surface area contributed by atoms with E-state index in [-0.39, 0.29) is 16.1 Å². The lowest BCUT2D eigenvalue weighted by molar-refractivity contribution is -0.143. The highest BCUT2D eigenvalue weighted by molar-refractivity contribution is 9.09. The van der Waals surface area contributed by atoms with Crippen LogP contribution in [0.2, 0.25) is 0 Å². The van der Waals surface area contributed by atoms with Crippen LogP contribution >= 0.6 is 27.5 Å². The number of alkyl halides is 2. The number of rotatable bonds is 1. The average Bonchev–Trinajstić information content (AvgIpc) is 1.81. The molecule has 2 unspecified atom stereocenters. The van der Waals surface area contributed by atoms with Crippen molar-refractivity contribution in [3.63, 3.8) is 0 Å². The van der Waals surface area contributed by atoms with Crippen LogP contribution in [0.15, 0.2) is 0 Å². The van der Waals surface area contributed by atoms with Crippen molar-refractivity contribution in [3.8, 4) is 0 Å². The Labute approximate surface area is 66.3 Å². The van der Waals surface area contributed by atoms with Gasteiger partial charge >= 0.3 is 5.97 Å². The fourth-order valence-corrected chi connectivity index (χ4v) is 1.82. The summed E-state index contributed by atoms with van der Waals surface area (Å²) in [7, 11) is 0. The first-order chi connectivity index (χ1) is 4.13. The van der Waals surface area contributed by atoms with Crippen LogP contribution in [0, 0.1) is 5.92 Å². The number of carboxylic acids is 1. The molecule has 0 saturated heterocycles. The molecule has 1 fully saturated rings. The van der Waals surface area contributed by atoms with Crippen LogP contribution < -0.4 is 0 Å². The van der Waals surface area contributed by atoms with Gasteiger partial charge in [0, 0.05) is 10.2 Å². The first kappa shape index (κ1) is 7.35. The van der Waals surface area contributed by atoms with Crippen LogP contribution in [0.4, 0.5) is 0 Å². The lowest BCUT2D eigenvalue weighted by Crippen LogP contribution is -2.43. The van der Waals surface area contributed by atoms with Crippen molar-refractivity contribution in [2.75, 3.05) is 0 Å². The molecular weight excluding hydrogens is 207 g/mol. The topological polar surface area (TPSA) is 37.3 Å². The molecule has 9 heavy (non-hydrogen) atoms. The maximum atomic E-state index is 10.2. The highest BCUT2D eigenvalue weighted by atomic mass is 79.9. The van der Waals surface area contributed by atoms with Gasteiger partial charge in [-0.25, -0.2) is 0 Å². The predicted octanol–water partition coefficient (Wildman–Crippen LogP) is 1.46. The van der Waals surface area contributed by atoms with Crippen molar-refractivity contribution in [3.05, 3.63) is 0 Å². The molecule has 0 aliphatic heterocycles. The zero-order valence-corrected chi connectivity index (χ0v) is 6.89. The predicted molar refractivity (Wildman–Crippen MR) is 38.1 cm³/mol. The molecule has 52 valence electrons. The lowest BCUT2D eigenvalue weighted by atomic mass is 9.85. The number of carbonyl (C=O) groups is 1. The first-order valence-electron chi connectivity index (χ1n) is 2.64. The third-order valence-electron chi connectivity index (χ3n) is 1.53. The van der Waals surface area contributed by atoms with Gasteiger partial charge in [-0.15, -0.1) is 11.6 Å². The summed E-state index contributed by atoms with van der Waals surface area (Å²) in [6, 6.07) is 0. The van der Waals surface area contributed by atoms with Crippen LogP contribution in [0.3, 0.4) is 0 Å². The van der Waals surface area contributed by atoms with Gasteiger partial charge in [0.1, 0.15) is 0 Å². The fourth-order valence-electron chi connectivity index (χ4n) is 0.796. The molecule has 4 heteroatoms. The van der Waals surface area contributed by atoms with E-state index in [0.717, 1.165) is 0 Å². The molecule has 0 spiro atoms. The molecule has 1 aliphatic carbocycles. The highest BCUT2D eigenvalue weighted by Gasteiger charge is 2.42. The summed E-state index contributed by atoms with van der Waals surface area (Å²) < 4.78 is 0. The van der Waals surface area contributed by atoms with Gasteiger partial charge in [-0.1, -0.05) is 15.9 Å². The molecule has 2 nitrogen and oxygen atoms in total. The number of hydrogen-bond acceptors (Lipinski definition) is 1. The number of aliphatic carboxylic acids is 1. The third-order valence-corrected chi connectivity index (χ3v) is 3.56. The Morgan fingerprint density at radius 1 is 1.78 bits per heavy atom. The van der Waals surface area contributed by atoms with Crippen LogP contribution in [0.25, 0.3) is 0 Å². The normalized spacial score (nSPS) is 41.8. The summed E-state index contributed by atoms with van der Waals surface area (Å²) >= 11 is 8.81. The van der Waals surface area contributed by atoms with Gasteiger partial charge in [0.25, 0.3) is 0 Å². The number of hydrogen-bond donors (Lipinski definition) is 1. The minimum Gasteiger partial charge on any atom is -0.481 e. The van der Waals surface area contributed by atoms with Gasteiger partial charge < -0.3 is 5.11 Å². The van der Waals surface area contributed by atoms with E-state index >= 15 is 0 Å². The summed E-state index contributed by atoms with van der Waals surface area (Å²) in [6.45, 7) is 0. The molecule has 1 N–H and O–H groups in total. The van der Waals surface area contributed by atoms with E-state index in [9.17, 15) is 4.79 Å². The van der Waals surface area contributed by atoms with Crippen LogP contribution in [-0.2, 0) is 4.79 Å². The van der Waals surface area contributed by atoms with Crippen molar-refractivity contribution in [1.29, 1.82) is 0 Å². The van der Waals surface area contributed by atoms with Crippen LogP contribution in [-0.4, -0.2) is 21.3 Å². The molecule has 0 aromatic carbocycles. The van der Waals surface area contributed by atoms with E-state index < -0.39 is 5.97 Å². The highest BCUT2D eigenvalue weighted by Crippen LogP contribution is 2.38. The molecule has 0 radical (unpaired) electrons. The van der Waals surface area contributed by atoms with Crippen LogP contribution in [0.1, 0.15) is 6.42 Å². The van der Waals surface area contributed by atoms with Crippen LogP contribution in [0.5, 0.6) is 0 Å². The van der Waals surface area contributed by atoms with E-state index in [1.54, 1.807) is 0 Å². The van der Waals surface area contributed by atoms with Gasteiger partial charge in [-0.3, -0.25) is 4.79 Å².